The lowest BCUT2D eigenvalue weighted by molar-refractivity contribution is -0.272. The van der Waals surface area contributed by atoms with Gasteiger partial charge in [0.15, 0.2) is 0 Å². The molecule has 6 heteroatoms. The number of nitrogens with one attached hydrogen (secondary N) is 1. The molecule has 2 atom stereocenters. The van der Waals surface area contributed by atoms with Gasteiger partial charge >= 0.3 is 5.97 Å². The van der Waals surface area contributed by atoms with Gasteiger partial charge in [-0.1, -0.05) is 13.3 Å². The fourth-order valence-electron chi connectivity index (χ4n) is 1.81. The van der Waals surface area contributed by atoms with Crippen molar-refractivity contribution in [3.05, 3.63) is 0 Å². The minimum Gasteiger partial charge on any atom is -0.469 e. The first-order valence-corrected chi connectivity index (χ1v) is 7.64. The van der Waals surface area contributed by atoms with Crippen LogP contribution < -0.4 is 5.32 Å². The average Bonchev–Trinajstić information content (AvgIpc) is 2.49. The van der Waals surface area contributed by atoms with E-state index in [4.69, 9.17) is 9.62 Å². The Morgan fingerprint density at radius 1 is 1.19 bits per heavy atom. The molecule has 0 saturated carbocycles. The van der Waals surface area contributed by atoms with Crippen LogP contribution in [0.3, 0.4) is 0 Å². The molecule has 1 N–H and O–H groups in total. The van der Waals surface area contributed by atoms with Crippen LogP contribution in [0, 0.1) is 5.92 Å². The number of ether oxygens (including phenoxy) is 2. The third-order valence-electron chi connectivity index (χ3n) is 3.12. The predicted octanol–water partition coefficient (Wildman–Crippen LogP) is 1.93. The number of carbonyl (C=O) groups excluding carboxylic acids is 1. The molecule has 0 radical (unpaired) electrons. The summed E-state index contributed by atoms with van der Waals surface area (Å²) in [5.41, 5.74) is 0. The zero-order chi connectivity index (χ0) is 15.9. The third-order valence-corrected chi connectivity index (χ3v) is 3.12. The fraction of sp³-hybridized carbons (Fsp3) is 0.933. The monoisotopic (exact) mass is 305 g/mol. The zero-order valence-electron chi connectivity index (χ0n) is 13.9. The molecule has 0 fully saturated rings. The molecule has 0 bridgehead atoms. The maximum absolute atomic E-state index is 10.9. The summed E-state index contributed by atoms with van der Waals surface area (Å²) >= 11 is 0. The van der Waals surface area contributed by atoms with Crippen molar-refractivity contribution in [1.82, 2.24) is 5.32 Å². The maximum Gasteiger partial charge on any atom is 0.306 e. The highest BCUT2D eigenvalue weighted by Gasteiger charge is 2.07. The molecule has 0 heterocycles. The smallest absolute Gasteiger partial charge is 0.306 e. The average molecular weight is 305 g/mol. The lowest BCUT2D eigenvalue weighted by Crippen LogP contribution is -2.29. The van der Waals surface area contributed by atoms with Crippen LogP contribution in [0.15, 0.2) is 0 Å². The summed E-state index contributed by atoms with van der Waals surface area (Å²) in [5, 5.41) is 3.18. The molecule has 6 nitrogen and oxygen atoms in total. The van der Waals surface area contributed by atoms with E-state index >= 15 is 0 Å². The second-order valence-electron chi connectivity index (χ2n) is 5.26. The minimum atomic E-state index is -0.192. The van der Waals surface area contributed by atoms with Gasteiger partial charge in [0.2, 0.25) is 0 Å². The van der Waals surface area contributed by atoms with E-state index in [1.165, 1.54) is 14.2 Å². The standard InChI is InChI=1S/C15H31NO5/c1-13(7-5-6-10-21-19-4)12-20-14(2)11-16-9-8-15(17)18-3/h13-14,16H,5-12H2,1-4H3. The summed E-state index contributed by atoms with van der Waals surface area (Å²) in [6.07, 6.45) is 3.77. The predicted molar refractivity (Wildman–Crippen MR) is 80.9 cm³/mol. The SMILES string of the molecule is COOCCCCC(C)COC(C)CNCCC(=O)OC. The second kappa shape index (κ2) is 14.3. The van der Waals surface area contributed by atoms with Gasteiger partial charge in [-0.05, 0) is 25.7 Å². The van der Waals surface area contributed by atoms with Gasteiger partial charge in [0.05, 0.1) is 33.4 Å². The van der Waals surface area contributed by atoms with Gasteiger partial charge in [0, 0.05) is 19.7 Å². The Kier molecular flexibility index (Phi) is 13.8. The maximum atomic E-state index is 10.9. The number of hydrogen-bond donors (Lipinski definition) is 1. The van der Waals surface area contributed by atoms with Crippen LogP contribution in [-0.2, 0) is 24.0 Å². The van der Waals surface area contributed by atoms with Crippen LogP contribution in [0.2, 0.25) is 0 Å². The molecule has 0 spiro atoms. The number of rotatable bonds is 14. The van der Waals surface area contributed by atoms with Crippen LogP contribution in [0.25, 0.3) is 0 Å². The van der Waals surface area contributed by atoms with Crippen molar-refractivity contribution in [2.24, 2.45) is 5.92 Å². The molecule has 0 amide bonds. The molecule has 0 aliphatic carbocycles. The van der Waals surface area contributed by atoms with Gasteiger partial charge in [0.25, 0.3) is 0 Å². The first-order chi connectivity index (χ1) is 10.1. The topological polar surface area (TPSA) is 66.0 Å². The molecular formula is C15H31NO5. The van der Waals surface area contributed by atoms with E-state index in [2.05, 4.69) is 21.9 Å². The number of esters is 1. The molecule has 2 unspecified atom stereocenters. The van der Waals surface area contributed by atoms with Gasteiger partial charge in [-0.15, -0.1) is 0 Å². The van der Waals surface area contributed by atoms with Crippen molar-refractivity contribution in [3.63, 3.8) is 0 Å². The Balaban J connectivity index is 3.41. The first-order valence-electron chi connectivity index (χ1n) is 7.64. The first kappa shape index (κ1) is 20.3. The van der Waals surface area contributed by atoms with Gasteiger partial charge in [-0.3, -0.25) is 4.79 Å². The third kappa shape index (κ3) is 14.0. The molecule has 21 heavy (non-hydrogen) atoms. The summed E-state index contributed by atoms with van der Waals surface area (Å²) in [4.78, 5) is 20.3. The zero-order valence-corrected chi connectivity index (χ0v) is 13.9. The number of unbranched alkanes of at least 4 members (excludes halogenated alkanes) is 1. The highest BCUT2D eigenvalue weighted by atomic mass is 17.2. The molecular weight excluding hydrogens is 274 g/mol. The van der Waals surface area contributed by atoms with E-state index in [1.807, 2.05) is 6.92 Å². The lowest BCUT2D eigenvalue weighted by Gasteiger charge is -2.17. The number of methoxy groups -OCH3 is 1. The molecule has 0 aromatic carbocycles. The van der Waals surface area contributed by atoms with Crippen LogP contribution in [-0.4, -0.2) is 52.6 Å². The Labute approximate surface area is 128 Å². The van der Waals surface area contributed by atoms with Crippen molar-refractivity contribution < 1.29 is 24.0 Å². The van der Waals surface area contributed by atoms with Crippen LogP contribution in [0.5, 0.6) is 0 Å². The van der Waals surface area contributed by atoms with Gasteiger partial charge in [-0.2, -0.15) is 0 Å². The van der Waals surface area contributed by atoms with Crippen molar-refractivity contribution in [1.29, 1.82) is 0 Å². The summed E-state index contributed by atoms with van der Waals surface area (Å²) in [7, 11) is 2.92. The highest BCUT2D eigenvalue weighted by molar-refractivity contribution is 5.69. The molecule has 0 rings (SSSR count). The van der Waals surface area contributed by atoms with E-state index in [0.29, 0.717) is 25.5 Å². The Morgan fingerprint density at radius 3 is 2.62 bits per heavy atom. The van der Waals surface area contributed by atoms with Crippen molar-refractivity contribution in [3.8, 4) is 0 Å². The lowest BCUT2D eigenvalue weighted by atomic mass is 10.1. The van der Waals surface area contributed by atoms with Crippen LogP contribution in [0.1, 0.15) is 39.5 Å². The van der Waals surface area contributed by atoms with Crippen molar-refractivity contribution in [2.75, 3.05) is 40.5 Å². The van der Waals surface area contributed by atoms with Gasteiger partial charge in [0.1, 0.15) is 0 Å². The summed E-state index contributed by atoms with van der Waals surface area (Å²) in [6, 6.07) is 0. The van der Waals surface area contributed by atoms with Crippen molar-refractivity contribution >= 4 is 5.97 Å². The van der Waals surface area contributed by atoms with Crippen LogP contribution in [0.4, 0.5) is 0 Å². The van der Waals surface area contributed by atoms with E-state index in [1.54, 1.807) is 0 Å². The fourth-order valence-corrected chi connectivity index (χ4v) is 1.81. The van der Waals surface area contributed by atoms with E-state index in [0.717, 1.165) is 32.4 Å². The molecule has 0 aromatic heterocycles. The van der Waals surface area contributed by atoms with E-state index in [-0.39, 0.29) is 12.1 Å². The van der Waals surface area contributed by atoms with Crippen molar-refractivity contribution in [2.45, 2.75) is 45.6 Å². The quantitative estimate of drug-likeness (QED) is 0.229. The van der Waals surface area contributed by atoms with Gasteiger partial charge < -0.3 is 14.8 Å². The number of carbonyl (C=O) groups is 1. The summed E-state index contributed by atoms with van der Waals surface area (Å²) in [6.45, 7) is 6.98. The minimum absolute atomic E-state index is 0.141. The summed E-state index contributed by atoms with van der Waals surface area (Å²) in [5.74, 6) is 0.340. The van der Waals surface area contributed by atoms with Crippen LogP contribution >= 0.6 is 0 Å². The molecule has 0 saturated heterocycles. The van der Waals surface area contributed by atoms with Gasteiger partial charge in [-0.25, -0.2) is 9.78 Å². The molecule has 0 aliphatic rings. The molecule has 0 aromatic rings. The highest BCUT2D eigenvalue weighted by Crippen LogP contribution is 2.09. The Morgan fingerprint density at radius 2 is 1.95 bits per heavy atom. The normalized spacial score (nSPS) is 13.9. The molecule has 0 aliphatic heterocycles. The largest absolute Gasteiger partial charge is 0.469 e. The van der Waals surface area contributed by atoms with E-state index in [9.17, 15) is 4.79 Å². The molecule has 126 valence electrons. The number of hydrogen-bond acceptors (Lipinski definition) is 6. The van der Waals surface area contributed by atoms with E-state index < -0.39 is 0 Å². The summed E-state index contributed by atoms with van der Waals surface area (Å²) < 4.78 is 10.4. The Bertz CT molecular complexity index is 250. The Hall–Kier alpha value is -0.690. The second-order valence-corrected chi connectivity index (χ2v) is 5.26.